The van der Waals surface area contributed by atoms with Crippen LogP contribution in [0.15, 0.2) is 42.5 Å². The van der Waals surface area contributed by atoms with E-state index >= 15 is 0 Å². The van der Waals surface area contributed by atoms with Crippen molar-refractivity contribution in [3.05, 3.63) is 48.0 Å². The van der Waals surface area contributed by atoms with Gasteiger partial charge >= 0.3 is 0 Å². The van der Waals surface area contributed by atoms with Crippen LogP contribution >= 0.6 is 0 Å². The van der Waals surface area contributed by atoms with Crippen LogP contribution in [0.2, 0.25) is 0 Å². The molecule has 1 saturated heterocycles. The third kappa shape index (κ3) is 4.19. The van der Waals surface area contributed by atoms with E-state index < -0.39 is 0 Å². The second-order valence-electron chi connectivity index (χ2n) is 6.76. The highest BCUT2D eigenvalue weighted by Gasteiger charge is 2.24. The molecule has 1 heterocycles. The fraction of sp³-hybridized carbons (Fsp3) is 0.429. The first kappa shape index (κ1) is 17.5. The van der Waals surface area contributed by atoms with Crippen molar-refractivity contribution in [2.24, 2.45) is 0 Å². The zero-order valence-electron chi connectivity index (χ0n) is 14.8. The lowest BCUT2D eigenvalue weighted by atomic mass is 10.0. The van der Waals surface area contributed by atoms with Gasteiger partial charge in [0.25, 0.3) is 5.91 Å². The smallest absolute Gasteiger partial charge is 0.252 e. The Morgan fingerprint density at radius 1 is 1.08 bits per heavy atom. The number of amides is 2. The third-order valence-corrected chi connectivity index (χ3v) is 4.96. The maximum atomic E-state index is 12.7. The number of hydrogen-bond acceptors (Lipinski definition) is 2. The van der Waals surface area contributed by atoms with E-state index in [2.05, 4.69) is 12.2 Å². The number of fused-ring (bicyclic) bond motifs is 1. The van der Waals surface area contributed by atoms with Gasteiger partial charge in [-0.3, -0.25) is 9.59 Å². The van der Waals surface area contributed by atoms with Crippen LogP contribution in [0.4, 0.5) is 0 Å². The van der Waals surface area contributed by atoms with Gasteiger partial charge in [0.15, 0.2) is 0 Å². The van der Waals surface area contributed by atoms with Crippen LogP contribution in [0.3, 0.4) is 0 Å². The summed E-state index contributed by atoms with van der Waals surface area (Å²) < 4.78 is 0. The summed E-state index contributed by atoms with van der Waals surface area (Å²) in [6.45, 7) is 3.58. The second-order valence-corrected chi connectivity index (χ2v) is 6.76. The van der Waals surface area contributed by atoms with Gasteiger partial charge in [0.05, 0.1) is 0 Å². The average Bonchev–Trinajstić information content (AvgIpc) is 2.66. The molecule has 2 amide bonds. The Morgan fingerprint density at radius 3 is 2.56 bits per heavy atom. The van der Waals surface area contributed by atoms with Crippen molar-refractivity contribution in [3.8, 4) is 0 Å². The minimum atomic E-state index is -0.0208. The lowest BCUT2D eigenvalue weighted by Gasteiger charge is -2.32. The molecule has 1 fully saturated rings. The fourth-order valence-corrected chi connectivity index (χ4v) is 3.45. The van der Waals surface area contributed by atoms with Crippen molar-refractivity contribution in [1.82, 2.24) is 10.2 Å². The third-order valence-electron chi connectivity index (χ3n) is 4.96. The topological polar surface area (TPSA) is 49.4 Å². The molecule has 1 N–H and O–H groups in total. The van der Waals surface area contributed by atoms with Crippen molar-refractivity contribution < 1.29 is 9.59 Å². The van der Waals surface area contributed by atoms with Crippen molar-refractivity contribution >= 4 is 22.6 Å². The van der Waals surface area contributed by atoms with E-state index in [1.165, 1.54) is 0 Å². The highest BCUT2D eigenvalue weighted by molar-refractivity contribution is 6.07. The van der Waals surface area contributed by atoms with E-state index in [0.29, 0.717) is 6.42 Å². The van der Waals surface area contributed by atoms with E-state index in [-0.39, 0.29) is 17.9 Å². The van der Waals surface area contributed by atoms with Gasteiger partial charge < -0.3 is 10.2 Å². The summed E-state index contributed by atoms with van der Waals surface area (Å²) in [6, 6.07) is 13.9. The molecule has 0 atom stereocenters. The van der Waals surface area contributed by atoms with Crippen molar-refractivity contribution in [2.45, 2.75) is 45.1 Å². The first-order valence-electron chi connectivity index (χ1n) is 9.25. The predicted molar refractivity (Wildman–Crippen MR) is 101 cm³/mol. The van der Waals surface area contributed by atoms with Crippen LogP contribution in [0.1, 0.15) is 49.4 Å². The number of nitrogens with one attached hydrogen (secondary N) is 1. The molecule has 0 spiro atoms. The molecule has 4 nitrogen and oxygen atoms in total. The maximum absolute atomic E-state index is 12.7. The summed E-state index contributed by atoms with van der Waals surface area (Å²) in [5, 5.41) is 5.21. The lowest BCUT2D eigenvalue weighted by Crippen LogP contribution is -2.46. The minimum absolute atomic E-state index is 0.0208. The Bertz CT molecular complexity index is 743. The predicted octanol–water partition coefficient (Wildman–Crippen LogP) is 3.75. The normalized spacial score (nSPS) is 15.3. The van der Waals surface area contributed by atoms with E-state index in [1.54, 1.807) is 0 Å². The summed E-state index contributed by atoms with van der Waals surface area (Å²) in [6.07, 6.45) is 4.30. The van der Waals surface area contributed by atoms with Crippen molar-refractivity contribution in [2.75, 3.05) is 13.1 Å². The van der Waals surface area contributed by atoms with Gasteiger partial charge in [0.1, 0.15) is 0 Å². The van der Waals surface area contributed by atoms with Crippen LogP contribution in [0, 0.1) is 0 Å². The molecular formula is C21H26N2O2. The Kier molecular flexibility index (Phi) is 5.69. The molecule has 1 aliphatic heterocycles. The van der Waals surface area contributed by atoms with Crippen LogP contribution in [-0.4, -0.2) is 35.8 Å². The lowest BCUT2D eigenvalue weighted by molar-refractivity contribution is -0.132. The van der Waals surface area contributed by atoms with Crippen molar-refractivity contribution in [3.63, 3.8) is 0 Å². The largest absolute Gasteiger partial charge is 0.349 e. The molecule has 0 saturated carbocycles. The number of unbranched alkanes of at least 4 members (excludes halogenated alkanes) is 1. The number of carbonyl (C=O) groups excluding carboxylic acids is 2. The number of benzene rings is 2. The molecule has 0 unspecified atom stereocenters. The number of carbonyl (C=O) groups is 2. The monoisotopic (exact) mass is 338 g/mol. The van der Waals surface area contributed by atoms with Crippen LogP contribution in [-0.2, 0) is 4.79 Å². The molecule has 2 aromatic rings. The second kappa shape index (κ2) is 8.15. The zero-order chi connectivity index (χ0) is 17.6. The van der Waals surface area contributed by atoms with Gasteiger partial charge in [-0.15, -0.1) is 0 Å². The van der Waals surface area contributed by atoms with E-state index in [9.17, 15) is 9.59 Å². The first-order chi connectivity index (χ1) is 12.2. The summed E-state index contributed by atoms with van der Waals surface area (Å²) in [5.74, 6) is 0.230. The highest BCUT2D eigenvalue weighted by Crippen LogP contribution is 2.19. The van der Waals surface area contributed by atoms with Crippen LogP contribution in [0.25, 0.3) is 10.8 Å². The van der Waals surface area contributed by atoms with Gasteiger partial charge in [-0.2, -0.15) is 0 Å². The number of rotatable bonds is 5. The van der Waals surface area contributed by atoms with Gasteiger partial charge in [-0.1, -0.05) is 49.7 Å². The molecule has 0 bridgehead atoms. The summed E-state index contributed by atoms with van der Waals surface area (Å²) in [5.41, 5.74) is 0.722. The van der Waals surface area contributed by atoms with E-state index in [4.69, 9.17) is 0 Å². The average molecular weight is 338 g/mol. The highest BCUT2D eigenvalue weighted by atomic mass is 16.2. The van der Waals surface area contributed by atoms with E-state index in [0.717, 1.165) is 55.1 Å². The van der Waals surface area contributed by atoms with Crippen LogP contribution in [0.5, 0.6) is 0 Å². The Hall–Kier alpha value is -2.36. The number of hydrogen-bond donors (Lipinski definition) is 1. The Balaban J connectivity index is 1.58. The fourth-order valence-electron chi connectivity index (χ4n) is 3.45. The molecule has 132 valence electrons. The molecule has 3 rings (SSSR count). The van der Waals surface area contributed by atoms with Gasteiger partial charge in [0.2, 0.25) is 5.91 Å². The molecule has 2 aromatic carbocycles. The number of likely N-dealkylation sites (tertiary alicyclic amines) is 1. The molecule has 25 heavy (non-hydrogen) atoms. The summed E-state index contributed by atoms with van der Waals surface area (Å²) in [7, 11) is 0. The standard InChI is InChI=1S/C21H26N2O2/c1-2-3-11-20(24)23-14-12-17(13-15-23)22-21(25)19-10-6-8-16-7-4-5-9-18(16)19/h4-10,17H,2-3,11-15H2,1H3,(H,22,25). The molecule has 4 heteroatoms. The zero-order valence-corrected chi connectivity index (χ0v) is 14.8. The number of piperidine rings is 1. The molecular weight excluding hydrogens is 312 g/mol. The first-order valence-corrected chi connectivity index (χ1v) is 9.25. The quantitative estimate of drug-likeness (QED) is 0.902. The molecule has 0 aromatic heterocycles. The summed E-state index contributed by atoms with van der Waals surface area (Å²) in [4.78, 5) is 26.7. The van der Waals surface area contributed by atoms with Crippen molar-refractivity contribution in [1.29, 1.82) is 0 Å². The minimum Gasteiger partial charge on any atom is -0.349 e. The van der Waals surface area contributed by atoms with Gasteiger partial charge in [-0.25, -0.2) is 0 Å². The number of nitrogens with zero attached hydrogens (tertiary/aromatic N) is 1. The van der Waals surface area contributed by atoms with Gasteiger partial charge in [0, 0.05) is 31.1 Å². The summed E-state index contributed by atoms with van der Waals surface area (Å²) >= 11 is 0. The van der Waals surface area contributed by atoms with E-state index in [1.807, 2.05) is 47.4 Å². The van der Waals surface area contributed by atoms with Gasteiger partial charge in [-0.05, 0) is 36.1 Å². The van der Waals surface area contributed by atoms with Crippen LogP contribution < -0.4 is 5.32 Å². The molecule has 0 radical (unpaired) electrons. The Morgan fingerprint density at radius 2 is 1.80 bits per heavy atom. The Labute approximate surface area is 149 Å². The molecule has 1 aliphatic rings. The maximum Gasteiger partial charge on any atom is 0.252 e. The molecule has 0 aliphatic carbocycles. The SMILES string of the molecule is CCCCC(=O)N1CCC(NC(=O)c2cccc3ccccc23)CC1.